The van der Waals surface area contributed by atoms with Gasteiger partial charge in [-0.2, -0.15) is 0 Å². The molecule has 0 spiro atoms. The van der Waals surface area contributed by atoms with Crippen LogP contribution < -0.4 is 0 Å². The zero-order chi connectivity index (χ0) is 15.9. The normalized spacial score (nSPS) is 15.2. The van der Waals surface area contributed by atoms with E-state index in [-0.39, 0.29) is 6.61 Å². The number of carbonyl (C=O) groups is 1. The molecule has 2 aromatic rings. The van der Waals surface area contributed by atoms with E-state index in [9.17, 15) is 9.90 Å². The SMILES string of the molecule is Cc1cc(C(=O)O)c2c(c1)c1c(n2CCCO)CCN(C)C1. The van der Waals surface area contributed by atoms with Crippen LogP contribution in [0.1, 0.15) is 33.6 Å². The smallest absolute Gasteiger partial charge is 0.337 e. The van der Waals surface area contributed by atoms with Gasteiger partial charge in [0, 0.05) is 43.7 Å². The molecule has 0 unspecified atom stereocenters. The highest BCUT2D eigenvalue weighted by molar-refractivity contribution is 6.04. The van der Waals surface area contributed by atoms with Crippen molar-refractivity contribution in [3.8, 4) is 0 Å². The van der Waals surface area contributed by atoms with Crippen LogP contribution in [0.4, 0.5) is 0 Å². The largest absolute Gasteiger partial charge is 0.478 e. The molecule has 0 bridgehead atoms. The third kappa shape index (κ3) is 2.40. The van der Waals surface area contributed by atoms with Gasteiger partial charge in [-0.3, -0.25) is 0 Å². The second kappa shape index (κ2) is 5.74. The van der Waals surface area contributed by atoms with Crippen LogP contribution in [0, 0.1) is 6.92 Å². The van der Waals surface area contributed by atoms with Crippen LogP contribution in [0.25, 0.3) is 10.9 Å². The van der Waals surface area contributed by atoms with Crippen molar-refractivity contribution in [3.63, 3.8) is 0 Å². The highest BCUT2D eigenvalue weighted by Crippen LogP contribution is 2.33. The fraction of sp³-hybridized carbons (Fsp3) is 0.471. The molecule has 0 fully saturated rings. The summed E-state index contributed by atoms with van der Waals surface area (Å²) in [7, 11) is 2.09. The third-order valence-corrected chi connectivity index (χ3v) is 4.45. The Morgan fingerprint density at radius 1 is 1.36 bits per heavy atom. The van der Waals surface area contributed by atoms with Crippen LogP contribution in [-0.4, -0.2) is 45.8 Å². The minimum absolute atomic E-state index is 0.114. The number of aromatic carboxylic acids is 1. The summed E-state index contributed by atoms with van der Waals surface area (Å²) in [4.78, 5) is 14.0. The molecule has 3 rings (SSSR count). The first-order valence-corrected chi connectivity index (χ1v) is 7.70. The first kappa shape index (κ1) is 15.1. The summed E-state index contributed by atoms with van der Waals surface area (Å²) in [5, 5.41) is 19.8. The molecular weight excluding hydrogens is 280 g/mol. The van der Waals surface area contributed by atoms with Crippen molar-refractivity contribution in [2.24, 2.45) is 0 Å². The Balaban J connectivity index is 2.31. The molecule has 0 radical (unpaired) electrons. The van der Waals surface area contributed by atoms with Gasteiger partial charge in [0.15, 0.2) is 0 Å². The minimum Gasteiger partial charge on any atom is -0.478 e. The molecule has 1 aromatic heterocycles. The summed E-state index contributed by atoms with van der Waals surface area (Å²) in [5.74, 6) is -0.887. The zero-order valence-electron chi connectivity index (χ0n) is 13.1. The maximum atomic E-state index is 11.7. The van der Waals surface area contributed by atoms with Gasteiger partial charge in [0.2, 0.25) is 0 Å². The number of benzene rings is 1. The Labute approximate surface area is 129 Å². The van der Waals surface area contributed by atoms with Gasteiger partial charge in [0.05, 0.1) is 11.1 Å². The maximum absolute atomic E-state index is 11.7. The number of aromatic nitrogens is 1. The lowest BCUT2D eigenvalue weighted by Gasteiger charge is -2.24. The number of rotatable bonds is 4. The minimum atomic E-state index is -0.887. The predicted molar refractivity (Wildman–Crippen MR) is 85.4 cm³/mol. The van der Waals surface area contributed by atoms with Crippen LogP contribution in [0.5, 0.6) is 0 Å². The van der Waals surface area contributed by atoms with Crippen LogP contribution in [0.3, 0.4) is 0 Å². The number of fused-ring (bicyclic) bond motifs is 3. The first-order chi connectivity index (χ1) is 10.5. The maximum Gasteiger partial charge on any atom is 0.337 e. The fourth-order valence-electron chi connectivity index (χ4n) is 3.50. The lowest BCUT2D eigenvalue weighted by Crippen LogP contribution is -2.27. The molecule has 0 aliphatic carbocycles. The van der Waals surface area contributed by atoms with Gasteiger partial charge in [-0.05, 0) is 43.7 Å². The number of hydrogen-bond donors (Lipinski definition) is 2. The molecule has 0 amide bonds. The highest BCUT2D eigenvalue weighted by atomic mass is 16.4. The van der Waals surface area contributed by atoms with E-state index in [0.29, 0.717) is 18.5 Å². The number of hydrogen-bond acceptors (Lipinski definition) is 3. The van der Waals surface area contributed by atoms with Crippen molar-refractivity contribution < 1.29 is 15.0 Å². The summed E-state index contributed by atoms with van der Waals surface area (Å²) in [6.45, 7) is 4.54. The van der Waals surface area contributed by atoms with Crippen molar-refractivity contribution in [1.82, 2.24) is 9.47 Å². The van der Waals surface area contributed by atoms with Gasteiger partial charge in [0.1, 0.15) is 0 Å². The Morgan fingerprint density at radius 2 is 2.14 bits per heavy atom. The lowest BCUT2D eigenvalue weighted by atomic mass is 10.0. The van der Waals surface area contributed by atoms with E-state index in [0.717, 1.165) is 36.0 Å². The quantitative estimate of drug-likeness (QED) is 0.907. The second-order valence-electron chi connectivity index (χ2n) is 6.16. The van der Waals surface area contributed by atoms with Crippen molar-refractivity contribution >= 4 is 16.9 Å². The zero-order valence-corrected chi connectivity index (χ0v) is 13.1. The number of aliphatic hydroxyl groups excluding tert-OH is 1. The Morgan fingerprint density at radius 3 is 2.82 bits per heavy atom. The molecule has 1 aromatic carbocycles. The molecule has 22 heavy (non-hydrogen) atoms. The van der Waals surface area contributed by atoms with E-state index in [2.05, 4.69) is 22.6 Å². The summed E-state index contributed by atoms with van der Waals surface area (Å²) in [6, 6.07) is 3.84. The van der Waals surface area contributed by atoms with Crippen molar-refractivity contribution in [2.45, 2.75) is 32.9 Å². The van der Waals surface area contributed by atoms with E-state index < -0.39 is 5.97 Å². The Kier molecular flexibility index (Phi) is 3.93. The van der Waals surface area contributed by atoms with Crippen LogP contribution in [0.2, 0.25) is 0 Å². The van der Waals surface area contributed by atoms with Crippen LogP contribution in [-0.2, 0) is 19.5 Å². The highest BCUT2D eigenvalue weighted by Gasteiger charge is 2.25. The van der Waals surface area contributed by atoms with E-state index in [1.165, 1.54) is 11.3 Å². The van der Waals surface area contributed by atoms with E-state index in [1.807, 2.05) is 6.92 Å². The monoisotopic (exact) mass is 302 g/mol. The summed E-state index contributed by atoms with van der Waals surface area (Å²) in [6.07, 6.45) is 1.56. The van der Waals surface area contributed by atoms with Gasteiger partial charge in [0.25, 0.3) is 0 Å². The molecule has 0 saturated carbocycles. The molecule has 5 nitrogen and oxygen atoms in total. The molecular formula is C17H22N2O3. The fourth-order valence-corrected chi connectivity index (χ4v) is 3.50. The number of aliphatic hydroxyl groups is 1. The Bertz CT molecular complexity index is 733. The van der Waals surface area contributed by atoms with E-state index in [4.69, 9.17) is 5.11 Å². The molecule has 2 N–H and O–H groups in total. The van der Waals surface area contributed by atoms with Gasteiger partial charge >= 0.3 is 5.97 Å². The van der Waals surface area contributed by atoms with Crippen molar-refractivity contribution in [3.05, 3.63) is 34.5 Å². The number of carboxylic acids is 1. The predicted octanol–water partition coefficient (Wildman–Crippen LogP) is 2.02. The number of carboxylic acid groups (broad SMARTS) is 1. The Hall–Kier alpha value is -1.85. The van der Waals surface area contributed by atoms with Gasteiger partial charge in [-0.15, -0.1) is 0 Å². The van der Waals surface area contributed by atoms with Gasteiger partial charge < -0.3 is 19.7 Å². The first-order valence-electron chi connectivity index (χ1n) is 7.70. The van der Waals surface area contributed by atoms with Crippen LogP contribution >= 0.6 is 0 Å². The van der Waals surface area contributed by atoms with E-state index in [1.54, 1.807) is 6.07 Å². The summed E-state index contributed by atoms with van der Waals surface area (Å²) in [5.41, 5.74) is 4.62. The molecule has 1 aliphatic heterocycles. The summed E-state index contributed by atoms with van der Waals surface area (Å²) < 4.78 is 2.12. The average Bonchev–Trinajstić information content (AvgIpc) is 2.77. The molecule has 5 heteroatoms. The number of likely N-dealkylation sites (N-methyl/N-ethyl adjacent to an activating group) is 1. The summed E-state index contributed by atoms with van der Waals surface area (Å²) >= 11 is 0. The third-order valence-electron chi connectivity index (χ3n) is 4.45. The van der Waals surface area contributed by atoms with E-state index >= 15 is 0 Å². The van der Waals surface area contributed by atoms with Crippen molar-refractivity contribution in [2.75, 3.05) is 20.2 Å². The average molecular weight is 302 g/mol. The van der Waals surface area contributed by atoms with Crippen molar-refractivity contribution in [1.29, 1.82) is 0 Å². The molecule has 1 aliphatic rings. The van der Waals surface area contributed by atoms with Crippen LogP contribution in [0.15, 0.2) is 12.1 Å². The number of aryl methyl sites for hydroxylation is 2. The molecule has 118 valence electrons. The molecule has 2 heterocycles. The van der Waals surface area contributed by atoms with Gasteiger partial charge in [-0.25, -0.2) is 4.79 Å². The topological polar surface area (TPSA) is 65.7 Å². The van der Waals surface area contributed by atoms with Gasteiger partial charge in [-0.1, -0.05) is 0 Å². The molecule has 0 saturated heterocycles. The lowest BCUT2D eigenvalue weighted by molar-refractivity contribution is 0.0698. The second-order valence-corrected chi connectivity index (χ2v) is 6.16. The molecule has 0 atom stereocenters. The number of nitrogens with zero attached hydrogens (tertiary/aromatic N) is 2. The standard InChI is InChI=1S/C17H22N2O3/c1-11-8-12-14-10-18(2)6-4-15(14)19(5-3-7-20)16(12)13(9-11)17(21)22/h8-9,20H,3-7,10H2,1-2H3,(H,21,22).